The third-order valence-corrected chi connectivity index (χ3v) is 4.68. The van der Waals surface area contributed by atoms with Crippen LogP contribution in [0.3, 0.4) is 0 Å². The molecule has 0 saturated heterocycles. The summed E-state index contributed by atoms with van der Waals surface area (Å²) in [5, 5.41) is 2.65. The van der Waals surface area contributed by atoms with Crippen LogP contribution >= 0.6 is 0 Å². The second-order valence-electron chi connectivity index (χ2n) is 6.35. The van der Waals surface area contributed by atoms with Gasteiger partial charge in [-0.05, 0) is 28.8 Å². The number of nitrogens with two attached hydrogens (primary N) is 1. The largest absolute Gasteiger partial charge is 0.368 e. The molecule has 0 aliphatic heterocycles. The van der Waals surface area contributed by atoms with Crippen molar-refractivity contribution < 1.29 is 14.4 Å². The van der Waals surface area contributed by atoms with Crippen molar-refractivity contribution in [1.29, 1.82) is 0 Å². The summed E-state index contributed by atoms with van der Waals surface area (Å²) in [5.74, 6) is -1.22. The van der Waals surface area contributed by atoms with E-state index in [1.165, 1.54) is 0 Å². The monoisotopic (exact) mass is 356 g/mol. The Morgan fingerprint density at radius 2 is 1.41 bits per heavy atom. The summed E-state index contributed by atoms with van der Waals surface area (Å²) in [4.78, 5) is 37.1. The molecule has 5 nitrogen and oxygen atoms in total. The Labute approximate surface area is 155 Å². The molecular formula is C22H16N2O3. The van der Waals surface area contributed by atoms with E-state index >= 15 is 0 Å². The van der Waals surface area contributed by atoms with Crippen molar-refractivity contribution in [1.82, 2.24) is 5.32 Å². The van der Waals surface area contributed by atoms with Gasteiger partial charge in [0.2, 0.25) is 5.91 Å². The standard InChI is InChI=1S/C22H16N2O3/c23-21(26)19(13-6-2-1-3-7-13)24-22(27)14-10-11-16-15-8-4-5-9-17(15)20(25)18(16)12-14/h1-12,19H,(H2,23,26)(H,24,27). The van der Waals surface area contributed by atoms with E-state index in [2.05, 4.69) is 5.32 Å². The highest BCUT2D eigenvalue weighted by Gasteiger charge is 2.28. The van der Waals surface area contributed by atoms with Crippen molar-refractivity contribution in [3.63, 3.8) is 0 Å². The van der Waals surface area contributed by atoms with Crippen LogP contribution in [-0.4, -0.2) is 17.6 Å². The summed E-state index contributed by atoms with van der Waals surface area (Å²) >= 11 is 0. The van der Waals surface area contributed by atoms with Crippen LogP contribution < -0.4 is 11.1 Å². The van der Waals surface area contributed by atoms with E-state index in [-0.39, 0.29) is 5.78 Å². The van der Waals surface area contributed by atoms with E-state index in [1.807, 2.05) is 24.3 Å². The lowest BCUT2D eigenvalue weighted by Gasteiger charge is -2.16. The maximum atomic E-state index is 12.7. The smallest absolute Gasteiger partial charge is 0.252 e. The highest BCUT2D eigenvalue weighted by molar-refractivity contribution is 6.22. The number of rotatable bonds is 4. The second-order valence-corrected chi connectivity index (χ2v) is 6.35. The lowest BCUT2D eigenvalue weighted by Crippen LogP contribution is -2.37. The van der Waals surface area contributed by atoms with Crippen molar-refractivity contribution in [3.05, 3.63) is 95.1 Å². The van der Waals surface area contributed by atoms with Gasteiger partial charge in [0.1, 0.15) is 6.04 Å². The van der Waals surface area contributed by atoms with Crippen molar-refractivity contribution in [2.45, 2.75) is 6.04 Å². The SMILES string of the molecule is NC(=O)C(NC(=O)c1ccc2c(c1)C(=O)c1ccccc1-2)c1ccccc1. The second kappa shape index (κ2) is 6.53. The first-order valence-electron chi connectivity index (χ1n) is 8.49. The normalized spacial score (nSPS) is 12.8. The molecule has 3 aromatic carbocycles. The highest BCUT2D eigenvalue weighted by Crippen LogP contribution is 2.36. The third kappa shape index (κ3) is 2.89. The summed E-state index contributed by atoms with van der Waals surface area (Å²) in [6.45, 7) is 0. The average Bonchev–Trinajstić information content (AvgIpc) is 2.98. The molecule has 0 aromatic heterocycles. The number of carbonyl (C=O) groups is 3. The van der Waals surface area contributed by atoms with Crippen LogP contribution in [0.25, 0.3) is 11.1 Å². The Morgan fingerprint density at radius 1 is 0.778 bits per heavy atom. The molecule has 1 unspecified atom stereocenters. The number of ketones is 1. The quantitative estimate of drug-likeness (QED) is 0.589. The fraction of sp³-hybridized carbons (Fsp3) is 0.0455. The maximum Gasteiger partial charge on any atom is 0.252 e. The van der Waals surface area contributed by atoms with Gasteiger partial charge in [-0.1, -0.05) is 60.7 Å². The Hall–Kier alpha value is -3.73. The van der Waals surface area contributed by atoms with E-state index in [0.29, 0.717) is 22.3 Å². The molecule has 3 N–H and O–H groups in total. The predicted molar refractivity (Wildman–Crippen MR) is 101 cm³/mol. The van der Waals surface area contributed by atoms with Crippen molar-refractivity contribution in [2.75, 3.05) is 0 Å². The molecule has 1 aliphatic rings. The minimum Gasteiger partial charge on any atom is -0.368 e. The van der Waals surface area contributed by atoms with E-state index in [0.717, 1.165) is 11.1 Å². The third-order valence-electron chi connectivity index (χ3n) is 4.68. The van der Waals surface area contributed by atoms with Crippen LogP contribution in [-0.2, 0) is 4.79 Å². The molecule has 5 heteroatoms. The first-order chi connectivity index (χ1) is 13.1. The molecule has 1 atom stereocenters. The fourth-order valence-corrected chi connectivity index (χ4v) is 3.35. The summed E-state index contributed by atoms with van der Waals surface area (Å²) < 4.78 is 0. The maximum absolute atomic E-state index is 12.7. The molecule has 2 amide bonds. The van der Waals surface area contributed by atoms with Crippen LogP contribution in [0.15, 0.2) is 72.8 Å². The summed E-state index contributed by atoms with van der Waals surface area (Å²) in [5.41, 5.74) is 9.15. The molecule has 1 aliphatic carbocycles. The average molecular weight is 356 g/mol. The van der Waals surface area contributed by atoms with Crippen molar-refractivity contribution >= 4 is 17.6 Å². The van der Waals surface area contributed by atoms with Crippen LogP contribution in [0.2, 0.25) is 0 Å². The number of primary amides is 1. The van der Waals surface area contributed by atoms with E-state index in [9.17, 15) is 14.4 Å². The van der Waals surface area contributed by atoms with Crippen LogP contribution in [0.1, 0.15) is 37.9 Å². The van der Waals surface area contributed by atoms with Gasteiger partial charge in [0.05, 0.1) is 0 Å². The summed E-state index contributed by atoms with van der Waals surface area (Å²) in [6, 6.07) is 20.2. The molecule has 27 heavy (non-hydrogen) atoms. The molecule has 0 saturated carbocycles. The number of hydrogen-bond acceptors (Lipinski definition) is 3. The van der Waals surface area contributed by atoms with Crippen molar-refractivity contribution in [2.24, 2.45) is 5.73 Å². The van der Waals surface area contributed by atoms with E-state index in [1.54, 1.807) is 48.5 Å². The number of nitrogens with one attached hydrogen (secondary N) is 1. The molecule has 0 fully saturated rings. The minimum atomic E-state index is -0.945. The van der Waals surface area contributed by atoms with Crippen LogP contribution in [0.5, 0.6) is 0 Å². The van der Waals surface area contributed by atoms with Gasteiger partial charge in [0.25, 0.3) is 5.91 Å². The van der Waals surface area contributed by atoms with Gasteiger partial charge in [-0.15, -0.1) is 0 Å². The molecule has 132 valence electrons. The molecule has 0 spiro atoms. The fourth-order valence-electron chi connectivity index (χ4n) is 3.35. The highest BCUT2D eigenvalue weighted by atomic mass is 16.2. The number of hydrogen-bond donors (Lipinski definition) is 2. The van der Waals surface area contributed by atoms with Gasteiger partial charge >= 0.3 is 0 Å². The van der Waals surface area contributed by atoms with Gasteiger partial charge in [0, 0.05) is 16.7 Å². The zero-order valence-electron chi connectivity index (χ0n) is 14.3. The Bertz CT molecular complexity index is 1070. The van der Waals surface area contributed by atoms with Gasteiger partial charge in [-0.25, -0.2) is 0 Å². The number of benzene rings is 3. The molecule has 0 heterocycles. The molecule has 3 aromatic rings. The Kier molecular flexibility index (Phi) is 4.05. The molecule has 0 radical (unpaired) electrons. The lowest BCUT2D eigenvalue weighted by molar-refractivity contribution is -0.120. The Morgan fingerprint density at radius 3 is 2.11 bits per heavy atom. The number of fused-ring (bicyclic) bond motifs is 3. The van der Waals surface area contributed by atoms with E-state index in [4.69, 9.17) is 5.73 Å². The van der Waals surface area contributed by atoms with Crippen LogP contribution in [0.4, 0.5) is 0 Å². The van der Waals surface area contributed by atoms with Gasteiger partial charge in [-0.3, -0.25) is 14.4 Å². The first kappa shape index (κ1) is 16.7. The van der Waals surface area contributed by atoms with Gasteiger partial charge in [-0.2, -0.15) is 0 Å². The lowest BCUT2D eigenvalue weighted by atomic mass is 10.0. The summed E-state index contributed by atoms with van der Waals surface area (Å²) in [6.07, 6.45) is 0. The number of amides is 2. The summed E-state index contributed by atoms with van der Waals surface area (Å²) in [7, 11) is 0. The van der Waals surface area contributed by atoms with E-state index < -0.39 is 17.9 Å². The molecule has 0 bridgehead atoms. The zero-order valence-corrected chi connectivity index (χ0v) is 14.3. The molecular weight excluding hydrogens is 340 g/mol. The van der Waals surface area contributed by atoms with Gasteiger partial charge in [0.15, 0.2) is 5.78 Å². The Balaban J connectivity index is 1.64. The molecule has 4 rings (SSSR count). The van der Waals surface area contributed by atoms with Gasteiger partial charge < -0.3 is 11.1 Å². The first-order valence-corrected chi connectivity index (χ1v) is 8.49. The predicted octanol–water partition coefficient (Wildman–Crippen LogP) is 2.85. The number of carbonyl (C=O) groups excluding carboxylic acids is 3. The topological polar surface area (TPSA) is 89.3 Å². The van der Waals surface area contributed by atoms with Crippen molar-refractivity contribution in [3.8, 4) is 11.1 Å². The zero-order chi connectivity index (χ0) is 19.0. The van der Waals surface area contributed by atoms with Crippen LogP contribution in [0, 0.1) is 0 Å². The minimum absolute atomic E-state index is 0.107.